The van der Waals surface area contributed by atoms with E-state index in [4.69, 9.17) is 0 Å². The lowest BCUT2D eigenvalue weighted by Crippen LogP contribution is -2.06. The summed E-state index contributed by atoms with van der Waals surface area (Å²) >= 11 is 0. The Hall–Kier alpha value is 0.330. The zero-order chi connectivity index (χ0) is 6.78. The molecule has 2 unspecified atom stereocenters. The maximum Gasteiger partial charge on any atom is 0.191 e. The third kappa shape index (κ3) is 2.59. The minimum absolute atomic E-state index is 0.0903. The Kier molecular flexibility index (Phi) is 2.87. The summed E-state index contributed by atoms with van der Waals surface area (Å²) in [7, 11) is 5.27. The lowest BCUT2D eigenvalue weighted by Gasteiger charge is -2.14. The highest BCUT2D eigenvalue weighted by Gasteiger charge is 2.20. The highest BCUT2D eigenvalue weighted by atomic mass is 31.1. The highest BCUT2D eigenvalue weighted by Crippen LogP contribution is 2.35. The molecule has 2 atom stereocenters. The van der Waals surface area contributed by atoms with Crippen LogP contribution in [0.1, 0.15) is 0 Å². The lowest BCUT2D eigenvalue weighted by molar-refractivity contribution is 0.232. The normalized spacial score (nSPS) is 11.0. The van der Waals surface area contributed by atoms with Crippen LogP contribution in [0.2, 0.25) is 0 Å². The van der Waals surface area contributed by atoms with E-state index >= 15 is 0 Å². The van der Waals surface area contributed by atoms with Gasteiger partial charge in [-0.15, -0.1) is 0 Å². The minimum atomic E-state index is -1.57. The molecule has 0 aromatic rings. The molecule has 0 rings (SSSR count). The maximum atomic E-state index is 12.5. The Labute approximate surface area is 53.1 Å². The second-order valence-electron chi connectivity index (χ2n) is 1.40. The van der Waals surface area contributed by atoms with Crippen LogP contribution in [0.15, 0.2) is 12.3 Å². The van der Waals surface area contributed by atoms with Gasteiger partial charge >= 0.3 is 0 Å². The predicted octanol–water partition coefficient (Wildman–Crippen LogP) is 1.52. The minimum Gasteiger partial charge on any atom is -0.498 e. The van der Waals surface area contributed by atoms with E-state index in [-0.39, 0.29) is 5.76 Å². The van der Waals surface area contributed by atoms with Crippen molar-refractivity contribution < 1.29 is 9.13 Å². The van der Waals surface area contributed by atoms with E-state index in [0.717, 1.165) is 0 Å². The Morgan fingerprint density at radius 3 is 2.12 bits per heavy atom. The molecule has 8 heavy (non-hydrogen) atoms. The summed E-state index contributed by atoms with van der Waals surface area (Å²) < 4.78 is 17.0. The van der Waals surface area contributed by atoms with Crippen molar-refractivity contribution in [2.45, 2.75) is 5.15 Å². The van der Waals surface area contributed by atoms with E-state index in [1.165, 1.54) is 7.11 Å². The fraction of sp³-hybridized carbons (Fsp3) is 0.500. The van der Waals surface area contributed by atoms with Gasteiger partial charge < -0.3 is 4.74 Å². The van der Waals surface area contributed by atoms with Gasteiger partial charge in [0, 0.05) is 0 Å². The number of hydrogen-bond donors (Lipinski definition) is 0. The molecule has 4 heteroatoms. The van der Waals surface area contributed by atoms with E-state index in [0.29, 0.717) is 0 Å². The van der Waals surface area contributed by atoms with Crippen molar-refractivity contribution in [1.29, 1.82) is 0 Å². The van der Waals surface area contributed by atoms with Crippen molar-refractivity contribution in [3.63, 3.8) is 0 Å². The predicted molar refractivity (Wildman–Crippen MR) is 39.4 cm³/mol. The largest absolute Gasteiger partial charge is 0.498 e. The molecule has 0 aliphatic rings. The van der Waals surface area contributed by atoms with Gasteiger partial charge in [-0.2, -0.15) is 0 Å². The second-order valence-corrected chi connectivity index (χ2v) is 3.74. The molecule has 48 valence electrons. The molecular weight excluding hydrogens is 145 g/mol. The third-order valence-electron chi connectivity index (χ3n) is 0.674. The number of hydrogen-bond acceptors (Lipinski definition) is 1. The average molecular weight is 154 g/mol. The summed E-state index contributed by atoms with van der Waals surface area (Å²) in [6, 6.07) is 0. The number of ether oxygens (including phenoxy) is 1. The molecule has 0 aliphatic carbocycles. The molecule has 0 aromatic carbocycles. The molecule has 0 heterocycles. The Morgan fingerprint density at radius 1 is 1.75 bits per heavy atom. The number of halogens is 1. The molecule has 0 aromatic heterocycles. The van der Waals surface area contributed by atoms with E-state index in [2.05, 4.69) is 11.3 Å². The first-order valence-corrected chi connectivity index (χ1v) is 3.14. The first kappa shape index (κ1) is 8.33. The monoisotopic (exact) mass is 154 g/mol. The summed E-state index contributed by atoms with van der Waals surface area (Å²) in [6.45, 7) is 3.31. The topological polar surface area (TPSA) is 9.23 Å². The summed E-state index contributed by atoms with van der Waals surface area (Å²) in [6.07, 6.45) is 0. The van der Waals surface area contributed by atoms with Crippen LogP contribution >= 0.6 is 18.5 Å². The highest BCUT2D eigenvalue weighted by molar-refractivity contribution is 7.39. The third-order valence-corrected chi connectivity index (χ3v) is 1.32. The number of methoxy groups -OCH3 is 1. The Morgan fingerprint density at radius 2 is 2.12 bits per heavy atom. The van der Waals surface area contributed by atoms with Crippen LogP contribution in [-0.4, -0.2) is 12.3 Å². The number of allylic oxidation sites excluding steroid dienone is 1. The van der Waals surface area contributed by atoms with Gasteiger partial charge in [-0.1, -0.05) is 25.1 Å². The molecule has 0 radical (unpaired) electrons. The smallest absolute Gasteiger partial charge is 0.191 e. The van der Waals surface area contributed by atoms with E-state index in [9.17, 15) is 4.39 Å². The summed E-state index contributed by atoms with van der Waals surface area (Å²) in [5.74, 6) is 0.0903. The van der Waals surface area contributed by atoms with E-state index < -0.39 is 5.15 Å². The molecule has 0 bridgehead atoms. The molecule has 1 nitrogen and oxygen atoms in total. The van der Waals surface area contributed by atoms with Crippen molar-refractivity contribution in [3.8, 4) is 0 Å². The number of rotatable bonds is 2. The molecule has 0 spiro atoms. The van der Waals surface area contributed by atoms with Crippen LogP contribution in [0.5, 0.6) is 0 Å². The van der Waals surface area contributed by atoms with Crippen LogP contribution in [0.25, 0.3) is 0 Å². The van der Waals surface area contributed by atoms with Gasteiger partial charge in [-0.3, -0.25) is 0 Å². The summed E-state index contributed by atoms with van der Waals surface area (Å²) in [4.78, 5) is 0. The van der Waals surface area contributed by atoms with Crippen molar-refractivity contribution in [3.05, 3.63) is 12.3 Å². The van der Waals surface area contributed by atoms with Crippen LogP contribution in [0.4, 0.5) is 4.39 Å². The molecule has 0 fully saturated rings. The van der Waals surface area contributed by atoms with Crippen LogP contribution in [0, 0.1) is 0 Å². The van der Waals surface area contributed by atoms with Crippen LogP contribution in [0.3, 0.4) is 0 Å². The zero-order valence-electron chi connectivity index (χ0n) is 4.65. The van der Waals surface area contributed by atoms with Crippen LogP contribution in [-0.2, 0) is 4.74 Å². The van der Waals surface area contributed by atoms with Gasteiger partial charge in [0.25, 0.3) is 0 Å². The molecular formula is C4H9FOP2. The average Bonchev–Trinajstić information content (AvgIpc) is 1.62. The quantitative estimate of drug-likeness (QED) is 0.432. The van der Waals surface area contributed by atoms with Gasteiger partial charge in [0.2, 0.25) is 0 Å². The fourth-order valence-corrected chi connectivity index (χ4v) is 0.392. The van der Waals surface area contributed by atoms with Crippen molar-refractivity contribution in [1.82, 2.24) is 0 Å². The summed E-state index contributed by atoms with van der Waals surface area (Å²) in [5, 5.41) is -1.57. The van der Waals surface area contributed by atoms with E-state index in [1.807, 2.05) is 18.5 Å². The van der Waals surface area contributed by atoms with Gasteiger partial charge in [-0.25, -0.2) is 4.39 Å². The SMILES string of the molecule is C=C(OC)C(F)(P)P. The lowest BCUT2D eigenvalue weighted by atomic mass is 10.6. The number of alkyl halides is 1. The van der Waals surface area contributed by atoms with Gasteiger partial charge in [-0.05, 0) is 0 Å². The first-order valence-electron chi connectivity index (χ1n) is 1.98. The van der Waals surface area contributed by atoms with Crippen molar-refractivity contribution in [2.75, 3.05) is 7.11 Å². The van der Waals surface area contributed by atoms with Gasteiger partial charge in [0.15, 0.2) is 5.15 Å². The zero-order valence-corrected chi connectivity index (χ0v) is 6.96. The van der Waals surface area contributed by atoms with Crippen molar-refractivity contribution >= 4 is 18.5 Å². The standard InChI is InChI=1S/C4H9FOP2/c1-3(6-2)4(5,7)8/h1,7-8H2,2H3. The Bertz CT molecular complexity index is 96.7. The first-order chi connectivity index (χ1) is 3.48. The fourth-order valence-electron chi connectivity index (χ4n) is 0.156. The molecule has 0 amide bonds. The van der Waals surface area contributed by atoms with Crippen molar-refractivity contribution in [2.24, 2.45) is 0 Å². The Balaban J connectivity index is 3.82. The second kappa shape index (κ2) is 2.75. The molecule has 0 N–H and O–H groups in total. The maximum absolute atomic E-state index is 12.5. The van der Waals surface area contributed by atoms with Gasteiger partial charge in [0.1, 0.15) is 5.76 Å². The van der Waals surface area contributed by atoms with Gasteiger partial charge in [0.05, 0.1) is 7.11 Å². The molecule has 0 saturated heterocycles. The van der Waals surface area contributed by atoms with E-state index in [1.54, 1.807) is 0 Å². The molecule has 0 aliphatic heterocycles. The molecule has 0 saturated carbocycles. The van der Waals surface area contributed by atoms with Crippen LogP contribution < -0.4 is 0 Å². The summed E-state index contributed by atoms with van der Waals surface area (Å²) in [5.41, 5.74) is 0.